The molecular weight excluding hydrogens is 402 g/mol. The van der Waals surface area contributed by atoms with Gasteiger partial charge in [0, 0.05) is 43.7 Å². The number of hydrogen-bond acceptors (Lipinski definition) is 3. The molecule has 0 aromatic heterocycles. The van der Waals surface area contributed by atoms with E-state index < -0.39 is 0 Å². The van der Waals surface area contributed by atoms with E-state index in [1.54, 1.807) is 29.2 Å². The maximum atomic E-state index is 12.6. The number of carbonyl (C=O) groups excluding carboxylic acids is 2. The Balaban J connectivity index is 1.23. The van der Waals surface area contributed by atoms with E-state index >= 15 is 0 Å². The number of carbonyl (C=O) groups is 2. The van der Waals surface area contributed by atoms with Crippen molar-refractivity contribution in [3.8, 4) is 5.75 Å². The van der Waals surface area contributed by atoms with Crippen molar-refractivity contribution in [2.45, 2.75) is 25.5 Å². The molecule has 32 heavy (non-hydrogen) atoms. The van der Waals surface area contributed by atoms with Gasteiger partial charge in [-0.15, -0.1) is 0 Å². The van der Waals surface area contributed by atoms with Crippen molar-refractivity contribution in [1.82, 2.24) is 10.2 Å². The highest BCUT2D eigenvalue weighted by atomic mass is 16.5. The van der Waals surface area contributed by atoms with E-state index in [1.807, 2.05) is 60.7 Å². The summed E-state index contributed by atoms with van der Waals surface area (Å²) in [7, 11) is 0. The number of hydrogen-bond donors (Lipinski definition) is 2. The lowest BCUT2D eigenvalue weighted by Gasteiger charge is -2.32. The lowest BCUT2D eigenvalue weighted by molar-refractivity contribution is 0.0951. The van der Waals surface area contributed by atoms with E-state index in [0.717, 1.165) is 24.2 Å². The first-order valence-electron chi connectivity index (χ1n) is 10.9. The van der Waals surface area contributed by atoms with Gasteiger partial charge in [0.05, 0.1) is 0 Å². The summed E-state index contributed by atoms with van der Waals surface area (Å²) >= 11 is 0. The average molecular weight is 430 g/mol. The quantitative estimate of drug-likeness (QED) is 0.597. The van der Waals surface area contributed by atoms with Gasteiger partial charge in [-0.05, 0) is 42.0 Å². The minimum Gasteiger partial charge on any atom is -0.490 e. The van der Waals surface area contributed by atoms with Gasteiger partial charge in [-0.2, -0.15) is 0 Å². The van der Waals surface area contributed by atoms with Crippen molar-refractivity contribution in [3.05, 3.63) is 96.1 Å². The van der Waals surface area contributed by atoms with Crippen LogP contribution in [0.5, 0.6) is 5.75 Å². The van der Waals surface area contributed by atoms with Crippen LogP contribution in [0.15, 0.2) is 84.9 Å². The van der Waals surface area contributed by atoms with Crippen LogP contribution in [-0.2, 0) is 6.54 Å². The standard InChI is InChI=1S/C26H27N3O3/c30-25(27-19-20-7-3-1-4-8-20)21-11-13-22(14-12-21)28-26(31)29-17-15-24(16-18-29)32-23-9-5-2-6-10-23/h1-14,24H,15-19H2,(H,27,30)(H,28,31). The van der Waals surface area contributed by atoms with E-state index in [4.69, 9.17) is 4.74 Å². The fourth-order valence-corrected chi connectivity index (χ4v) is 3.66. The first-order chi connectivity index (χ1) is 15.7. The van der Waals surface area contributed by atoms with Crippen LogP contribution in [0.2, 0.25) is 0 Å². The molecule has 6 nitrogen and oxygen atoms in total. The molecule has 164 valence electrons. The molecular formula is C26H27N3O3. The van der Waals surface area contributed by atoms with Crippen LogP contribution in [0, 0.1) is 0 Å². The van der Waals surface area contributed by atoms with Gasteiger partial charge in [0.2, 0.25) is 0 Å². The lowest BCUT2D eigenvalue weighted by atomic mass is 10.1. The number of amides is 3. The van der Waals surface area contributed by atoms with Crippen LogP contribution in [0.4, 0.5) is 10.5 Å². The van der Waals surface area contributed by atoms with E-state index in [-0.39, 0.29) is 18.0 Å². The average Bonchev–Trinajstić information content (AvgIpc) is 2.85. The van der Waals surface area contributed by atoms with Gasteiger partial charge in [-0.3, -0.25) is 4.79 Å². The van der Waals surface area contributed by atoms with Crippen LogP contribution in [0.3, 0.4) is 0 Å². The number of urea groups is 1. The molecule has 1 aliphatic heterocycles. The van der Waals surface area contributed by atoms with Crippen molar-refractivity contribution in [2.75, 3.05) is 18.4 Å². The lowest BCUT2D eigenvalue weighted by Crippen LogP contribution is -2.43. The third-order valence-electron chi connectivity index (χ3n) is 5.47. The highest BCUT2D eigenvalue weighted by molar-refractivity contribution is 5.95. The Bertz CT molecular complexity index is 1020. The van der Waals surface area contributed by atoms with E-state index in [0.29, 0.717) is 30.9 Å². The van der Waals surface area contributed by atoms with Crippen LogP contribution in [0.1, 0.15) is 28.8 Å². The third-order valence-corrected chi connectivity index (χ3v) is 5.47. The Kier molecular flexibility index (Phi) is 7.02. The smallest absolute Gasteiger partial charge is 0.321 e. The first kappa shape index (κ1) is 21.4. The molecule has 1 fully saturated rings. The summed E-state index contributed by atoms with van der Waals surface area (Å²) < 4.78 is 5.99. The van der Waals surface area contributed by atoms with Gasteiger partial charge < -0.3 is 20.3 Å². The van der Waals surface area contributed by atoms with E-state index in [9.17, 15) is 9.59 Å². The largest absolute Gasteiger partial charge is 0.490 e. The minimum absolute atomic E-state index is 0.120. The number of rotatable bonds is 6. The molecule has 1 saturated heterocycles. The van der Waals surface area contributed by atoms with Crippen LogP contribution in [-0.4, -0.2) is 36.0 Å². The Morgan fingerprint density at radius 1 is 0.844 bits per heavy atom. The summed E-state index contributed by atoms with van der Waals surface area (Å²) in [5.41, 5.74) is 2.26. The maximum Gasteiger partial charge on any atom is 0.321 e. The molecule has 0 spiro atoms. The van der Waals surface area contributed by atoms with E-state index in [2.05, 4.69) is 10.6 Å². The zero-order chi connectivity index (χ0) is 22.2. The third kappa shape index (κ3) is 5.88. The van der Waals surface area contributed by atoms with E-state index in [1.165, 1.54) is 0 Å². The molecule has 3 aromatic rings. The fourth-order valence-electron chi connectivity index (χ4n) is 3.66. The Morgan fingerprint density at radius 2 is 1.47 bits per heavy atom. The van der Waals surface area contributed by atoms with Crippen LogP contribution >= 0.6 is 0 Å². The van der Waals surface area contributed by atoms with Crippen molar-refractivity contribution in [1.29, 1.82) is 0 Å². The second-order valence-corrected chi connectivity index (χ2v) is 7.79. The highest BCUT2D eigenvalue weighted by Crippen LogP contribution is 2.19. The zero-order valence-electron chi connectivity index (χ0n) is 17.9. The van der Waals surface area contributed by atoms with Gasteiger partial charge in [0.25, 0.3) is 5.91 Å². The maximum absolute atomic E-state index is 12.6. The summed E-state index contributed by atoms with van der Waals surface area (Å²) in [6.45, 7) is 1.76. The van der Waals surface area contributed by atoms with Crippen LogP contribution in [0.25, 0.3) is 0 Å². The molecule has 0 atom stereocenters. The topological polar surface area (TPSA) is 70.7 Å². The molecule has 4 rings (SSSR count). The summed E-state index contributed by atoms with van der Waals surface area (Å²) in [4.78, 5) is 26.7. The Morgan fingerprint density at radius 3 is 2.12 bits per heavy atom. The number of nitrogens with zero attached hydrogens (tertiary/aromatic N) is 1. The molecule has 3 aromatic carbocycles. The van der Waals surface area contributed by atoms with Gasteiger partial charge >= 0.3 is 6.03 Å². The summed E-state index contributed by atoms with van der Waals surface area (Å²) in [6, 6.07) is 26.3. The van der Waals surface area contributed by atoms with Gasteiger partial charge in [0.1, 0.15) is 11.9 Å². The first-order valence-corrected chi connectivity index (χ1v) is 10.9. The second kappa shape index (κ2) is 10.5. The van der Waals surface area contributed by atoms with Crippen molar-refractivity contribution >= 4 is 17.6 Å². The number of likely N-dealkylation sites (tertiary alicyclic amines) is 1. The molecule has 0 bridgehead atoms. The molecule has 0 aliphatic carbocycles. The minimum atomic E-state index is -0.146. The molecule has 0 saturated carbocycles. The number of ether oxygens (including phenoxy) is 1. The monoisotopic (exact) mass is 429 g/mol. The normalized spacial score (nSPS) is 13.9. The van der Waals surface area contributed by atoms with Crippen LogP contribution < -0.4 is 15.4 Å². The number of para-hydroxylation sites is 1. The van der Waals surface area contributed by atoms with Crippen molar-refractivity contribution < 1.29 is 14.3 Å². The van der Waals surface area contributed by atoms with Gasteiger partial charge in [-0.1, -0.05) is 48.5 Å². The highest BCUT2D eigenvalue weighted by Gasteiger charge is 2.24. The molecule has 6 heteroatoms. The van der Waals surface area contributed by atoms with Gasteiger partial charge in [-0.25, -0.2) is 4.79 Å². The second-order valence-electron chi connectivity index (χ2n) is 7.79. The number of nitrogens with one attached hydrogen (secondary N) is 2. The van der Waals surface area contributed by atoms with Gasteiger partial charge in [0.15, 0.2) is 0 Å². The summed E-state index contributed by atoms with van der Waals surface area (Å²) in [5, 5.41) is 5.82. The number of anilines is 1. The van der Waals surface area contributed by atoms with Crippen molar-refractivity contribution in [3.63, 3.8) is 0 Å². The fraction of sp³-hybridized carbons (Fsp3) is 0.231. The molecule has 3 amide bonds. The van der Waals surface area contributed by atoms with Crippen molar-refractivity contribution in [2.24, 2.45) is 0 Å². The molecule has 0 radical (unpaired) electrons. The zero-order valence-corrected chi connectivity index (χ0v) is 17.9. The predicted molar refractivity (Wildman–Crippen MR) is 125 cm³/mol. The molecule has 2 N–H and O–H groups in total. The Hall–Kier alpha value is -3.80. The Labute approximate surface area is 188 Å². The summed E-state index contributed by atoms with van der Waals surface area (Å²) in [6.07, 6.45) is 1.71. The SMILES string of the molecule is O=C(NCc1ccccc1)c1ccc(NC(=O)N2CCC(Oc3ccccc3)CC2)cc1. The molecule has 1 aliphatic rings. The number of benzene rings is 3. The summed E-state index contributed by atoms with van der Waals surface area (Å²) in [5.74, 6) is 0.718. The predicted octanol–water partition coefficient (Wildman–Crippen LogP) is 4.69. The molecule has 0 unspecified atom stereocenters. The molecule has 1 heterocycles. The number of piperidine rings is 1.